The minimum Gasteiger partial charge on any atom is -0.355 e. The summed E-state index contributed by atoms with van der Waals surface area (Å²) in [5.74, 6) is 1.26. The van der Waals surface area contributed by atoms with Crippen LogP contribution in [-0.4, -0.2) is 33.0 Å². The van der Waals surface area contributed by atoms with Crippen LogP contribution in [0.4, 0.5) is 0 Å². The molecule has 0 bridgehead atoms. The topological polar surface area (TPSA) is 59.8 Å². The van der Waals surface area contributed by atoms with Crippen LogP contribution in [0.15, 0.2) is 29.4 Å². The fraction of sp³-hybridized carbons (Fsp3) is 0.438. The highest BCUT2D eigenvalue weighted by Gasteiger charge is 2.15. The summed E-state index contributed by atoms with van der Waals surface area (Å²) in [5.41, 5.74) is 2.25. The van der Waals surface area contributed by atoms with Gasteiger partial charge in [-0.3, -0.25) is 4.79 Å². The van der Waals surface area contributed by atoms with E-state index in [1.807, 2.05) is 25.1 Å². The number of carbonyl (C=O) groups excluding carboxylic acids is 1. The third kappa shape index (κ3) is 3.88. The highest BCUT2D eigenvalue weighted by molar-refractivity contribution is 7.99. The van der Waals surface area contributed by atoms with Crippen molar-refractivity contribution in [2.45, 2.75) is 38.9 Å². The number of nitrogens with zero attached hydrogens (tertiary/aromatic N) is 3. The van der Waals surface area contributed by atoms with Gasteiger partial charge in [0.15, 0.2) is 11.0 Å². The summed E-state index contributed by atoms with van der Waals surface area (Å²) in [5, 5.41) is 12.2. The van der Waals surface area contributed by atoms with Gasteiger partial charge in [0.05, 0.1) is 5.75 Å². The molecule has 118 valence electrons. The van der Waals surface area contributed by atoms with E-state index in [0.29, 0.717) is 12.3 Å². The third-order valence-electron chi connectivity index (χ3n) is 3.32. The fourth-order valence-electron chi connectivity index (χ4n) is 2.15. The van der Waals surface area contributed by atoms with E-state index in [-0.39, 0.29) is 5.91 Å². The number of rotatable bonds is 7. The largest absolute Gasteiger partial charge is 0.355 e. The second kappa shape index (κ2) is 7.98. The van der Waals surface area contributed by atoms with Crippen molar-refractivity contribution in [3.05, 3.63) is 29.8 Å². The first kappa shape index (κ1) is 16.5. The van der Waals surface area contributed by atoms with Crippen LogP contribution in [0.3, 0.4) is 0 Å². The van der Waals surface area contributed by atoms with Gasteiger partial charge in [-0.15, -0.1) is 10.2 Å². The van der Waals surface area contributed by atoms with E-state index in [1.165, 1.54) is 17.3 Å². The Hall–Kier alpha value is -1.82. The molecule has 5 nitrogen and oxygen atoms in total. The van der Waals surface area contributed by atoms with E-state index in [1.54, 1.807) is 0 Å². The second-order valence-corrected chi connectivity index (χ2v) is 5.95. The standard InChI is InChI=1S/C16H22N4OS/c1-4-10-17-14(21)11-22-16-19-18-15(20(16)5-2)13-9-7-6-8-12(13)3/h6-9H,4-5,10-11H2,1-3H3,(H,17,21). The summed E-state index contributed by atoms with van der Waals surface area (Å²) in [4.78, 5) is 11.7. The van der Waals surface area contributed by atoms with Crippen LogP contribution in [0.25, 0.3) is 11.4 Å². The van der Waals surface area contributed by atoms with Crippen molar-refractivity contribution in [3.8, 4) is 11.4 Å². The Bertz CT molecular complexity index is 639. The van der Waals surface area contributed by atoms with Crippen molar-refractivity contribution < 1.29 is 4.79 Å². The molecule has 0 aliphatic heterocycles. The number of hydrogen-bond acceptors (Lipinski definition) is 4. The molecule has 0 aliphatic rings. The third-order valence-corrected chi connectivity index (χ3v) is 4.29. The lowest BCUT2D eigenvalue weighted by Crippen LogP contribution is -2.25. The molecular weight excluding hydrogens is 296 g/mol. The normalized spacial score (nSPS) is 10.7. The molecule has 0 radical (unpaired) electrons. The SMILES string of the molecule is CCCNC(=O)CSc1nnc(-c2ccccc2C)n1CC. The highest BCUT2D eigenvalue weighted by atomic mass is 32.2. The minimum absolute atomic E-state index is 0.0370. The molecule has 1 heterocycles. The van der Waals surface area contributed by atoms with Gasteiger partial charge in [-0.2, -0.15) is 0 Å². The Kier molecular flexibility index (Phi) is 6.00. The Morgan fingerprint density at radius 1 is 1.27 bits per heavy atom. The number of aryl methyl sites for hydroxylation is 1. The molecule has 22 heavy (non-hydrogen) atoms. The highest BCUT2D eigenvalue weighted by Crippen LogP contribution is 2.25. The number of nitrogens with one attached hydrogen (secondary N) is 1. The van der Waals surface area contributed by atoms with Crippen molar-refractivity contribution in [3.63, 3.8) is 0 Å². The van der Waals surface area contributed by atoms with Crippen molar-refractivity contribution in [1.29, 1.82) is 0 Å². The molecule has 2 aromatic rings. The smallest absolute Gasteiger partial charge is 0.230 e. The lowest BCUT2D eigenvalue weighted by Gasteiger charge is -2.09. The summed E-state index contributed by atoms with van der Waals surface area (Å²) < 4.78 is 2.06. The van der Waals surface area contributed by atoms with Gasteiger partial charge in [-0.1, -0.05) is 43.0 Å². The zero-order chi connectivity index (χ0) is 15.9. The first-order valence-electron chi connectivity index (χ1n) is 7.56. The Morgan fingerprint density at radius 2 is 2.05 bits per heavy atom. The monoisotopic (exact) mass is 318 g/mol. The van der Waals surface area contributed by atoms with E-state index >= 15 is 0 Å². The molecule has 0 saturated heterocycles. The van der Waals surface area contributed by atoms with Gasteiger partial charge in [0.25, 0.3) is 0 Å². The van der Waals surface area contributed by atoms with Gasteiger partial charge >= 0.3 is 0 Å². The molecule has 6 heteroatoms. The Labute approximate surface area is 135 Å². The van der Waals surface area contributed by atoms with Crippen molar-refractivity contribution in [1.82, 2.24) is 20.1 Å². The van der Waals surface area contributed by atoms with E-state index in [9.17, 15) is 4.79 Å². The van der Waals surface area contributed by atoms with Gasteiger partial charge in [-0.25, -0.2) is 0 Å². The summed E-state index contributed by atoms with van der Waals surface area (Å²) in [7, 11) is 0. The number of hydrogen-bond donors (Lipinski definition) is 1. The second-order valence-electron chi connectivity index (χ2n) is 5.00. The van der Waals surface area contributed by atoms with E-state index in [4.69, 9.17) is 0 Å². The predicted molar refractivity (Wildman–Crippen MR) is 89.9 cm³/mol. The minimum atomic E-state index is 0.0370. The Balaban J connectivity index is 2.15. The van der Waals surface area contributed by atoms with Crippen LogP contribution < -0.4 is 5.32 Å². The maximum Gasteiger partial charge on any atom is 0.230 e. The van der Waals surface area contributed by atoms with Crippen LogP contribution >= 0.6 is 11.8 Å². The first-order valence-corrected chi connectivity index (χ1v) is 8.54. The zero-order valence-electron chi connectivity index (χ0n) is 13.3. The number of benzene rings is 1. The van der Waals surface area contributed by atoms with E-state index in [2.05, 4.69) is 40.0 Å². The van der Waals surface area contributed by atoms with Gasteiger partial charge in [0.2, 0.25) is 5.91 Å². The maximum absolute atomic E-state index is 11.7. The summed E-state index contributed by atoms with van der Waals surface area (Å²) in [6.45, 7) is 7.65. The van der Waals surface area contributed by atoms with Crippen LogP contribution in [0, 0.1) is 6.92 Å². The Morgan fingerprint density at radius 3 is 2.73 bits per heavy atom. The van der Waals surface area contributed by atoms with Crippen LogP contribution in [0.1, 0.15) is 25.8 Å². The van der Waals surface area contributed by atoms with Gasteiger partial charge < -0.3 is 9.88 Å². The molecule has 0 spiro atoms. The van der Waals surface area contributed by atoms with Crippen molar-refractivity contribution >= 4 is 17.7 Å². The van der Waals surface area contributed by atoms with E-state index < -0.39 is 0 Å². The number of aromatic nitrogens is 3. The molecule has 0 aliphatic carbocycles. The molecule has 2 rings (SSSR count). The summed E-state index contributed by atoms with van der Waals surface area (Å²) >= 11 is 1.43. The van der Waals surface area contributed by atoms with Crippen LogP contribution in [0.2, 0.25) is 0 Å². The van der Waals surface area contributed by atoms with Gasteiger partial charge in [0.1, 0.15) is 0 Å². The lowest BCUT2D eigenvalue weighted by atomic mass is 10.1. The number of thioether (sulfide) groups is 1. The molecule has 1 N–H and O–H groups in total. The van der Waals surface area contributed by atoms with Crippen LogP contribution in [0.5, 0.6) is 0 Å². The molecule has 1 amide bonds. The maximum atomic E-state index is 11.7. The zero-order valence-corrected chi connectivity index (χ0v) is 14.1. The predicted octanol–water partition coefficient (Wildman–Crippen LogP) is 2.89. The first-order chi connectivity index (χ1) is 10.7. The van der Waals surface area contributed by atoms with Crippen molar-refractivity contribution in [2.24, 2.45) is 0 Å². The lowest BCUT2D eigenvalue weighted by molar-refractivity contribution is -0.118. The quantitative estimate of drug-likeness (QED) is 0.798. The van der Waals surface area contributed by atoms with Gasteiger partial charge in [-0.05, 0) is 25.8 Å². The molecule has 1 aromatic heterocycles. The van der Waals surface area contributed by atoms with E-state index in [0.717, 1.165) is 29.5 Å². The average Bonchev–Trinajstić information content (AvgIpc) is 2.94. The van der Waals surface area contributed by atoms with Gasteiger partial charge in [0, 0.05) is 18.7 Å². The summed E-state index contributed by atoms with van der Waals surface area (Å²) in [6.07, 6.45) is 0.943. The number of amides is 1. The fourth-order valence-corrected chi connectivity index (χ4v) is 2.98. The van der Waals surface area contributed by atoms with Crippen molar-refractivity contribution in [2.75, 3.05) is 12.3 Å². The molecular formula is C16H22N4OS. The molecule has 1 aromatic carbocycles. The average molecular weight is 318 g/mol. The number of carbonyl (C=O) groups is 1. The molecule has 0 atom stereocenters. The summed E-state index contributed by atoms with van der Waals surface area (Å²) in [6, 6.07) is 8.13. The van der Waals surface area contributed by atoms with Crippen LogP contribution in [-0.2, 0) is 11.3 Å². The molecule has 0 saturated carbocycles. The molecule has 0 fully saturated rings. The molecule has 0 unspecified atom stereocenters.